The van der Waals surface area contributed by atoms with Crippen LogP contribution in [0.4, 0.5) is 5.69 Å². The number of anilines is 1. The van der Waals surface area contributed by atoms with Crippen LogP contribution in [0, 0.1) is 5.92 Å². The van der Waals surface area contributed by atoms with Crippen LogP contribution in [0.25, 0.3) is 0 Å². The summed E-state index contributed by atoms with van der Waals surface area (Å²) in [6.45, 7) is 0.926. The van der Waals surface area contributed by atoms with Gasteiger partial charge in [0.1, 0.15) is 0 Å². The fraction of sp³-hybridized carbons (Fsp3) is 0.647. The molecule has 2 aliphatic rings. The third-order valence-electron chi connectivity index (χ3n) is 4.99. The second-order valence-corrected chi connectivity index (χ2v) is 6.45. The van der Waals surface area contributed by atoms with E-state index in [1.165, 1.54) is 38.5 Å². The Kier molecular flexibility index (Phi) is 4.42. The van der Waals surface area contributed by atoms with Gasteiger partial charge >= 0.3 is 0 Å². The van der Waals surface area contributed by atoms with Crippen LogP contribution in [0.2, 0.25) is 0 Å². The number of nitrogen functional groups attached to an aromatic ring is 1. The number of carbonyl (C=O) groups excluding carboxylic acids is 1. The molecule has 1 aromatic heterocycles. The summed E-state index contributed by atoms with van der Waals surface area (Å²) in [6.07, 6.45) is 11.0. The van der Waals surface area contributed by atoms with Gasteiger partial charge in [0, 0.05) is 18.3 Å². The molecule has 1 aromatic rings. The van der Waals surface area contributed by atoms with E-state index < -0.39 is 0 Å². The number of aromatic nitrogens is 1. The minimum Gasteiger partial charge on any atom is -0.397 e. The molecule has 114 valence electrons. The van der Waals surface area contributed by atoms with Crippen molar-refractivity contribution in [3.63, 3.8) is 0 Å². The van der Waals surface area contributed by atoms with E-state index in [4.69, 9.17) is 5.73 Å². The largest absolute Gasteiger partial charge is 0.397 e. The van der Waals surface area contributed by atoms with Gasteiger partial charge < -0.3 is 10.6 Å². The van der Waals surface area contributed by atoms with Crippen molar-refractivity contribution in [2.75, 3.05) is 12.3 Å². The number of amides is 1. The zero-order valence-corrected chi connectivity index (χ0v) is 12.6. The molecule has 2 fully saturated rings. The molecule has 1 unspecified atom stereocenters. The molecule has 3 rings (SSSR count). The van der Waals surface area contributed by atoms with Gasteiger partial charge in [0.25, 0.3) is 0 Å². The van der Waals surface area contributed by atoms with Crippen LogP contribution in [0.15, 0.2) is 18.3 Å². The Labute approximate surface area is 126 Å². The van der Waals surface area contributed by atoms with Crippen LogP contribution in [-0.4, -0.2) is 28.4 Å². The molecule has 1 saturated carbocycles. The minimum absolute atomic E-state index is 0.236. The fourth-order valence-electron chi connectivity index (χ4n) is 3.91. The normalized spacial score (nSPS) is 23.4. The van der Waals surface area contributed by atoms with E-state index in [9.17, 15) is 4.79 Å². The summed E-state index contributed by atoms with van der Waals surface area (Å²) in [6, 6.07) is 4.16. The molecule has 0 aromatic carbocycles. The molecule has 1 aliphatic heterocycles. The summed E-state index contributed by atoms with van der Waals surface area (Å²) in [5, 5.41) is 0. The maximum Gasteiger partial charge on any atom is 0.228 e. The Balaban J connectivity index is 1.63. The van der Waals surface area contributed by atoms with Crippen molar-refractivity contribution in [3.8, 4) is 0 Å². The predicted octanol–water partition coefficient (Wildman–Crippen LogP) is 2.78. The van der Waals surface area contributed by atoms with E-state index in [2.05, 4.69) is 9.88 Å². The highest BCUT2D eigenvalue weighted by Gasteiger charge is 2.34. The van der Waals surface area contributed by atoms with Crippen molar-refractivity contribution in [1.29, 1.82) is 0 Å². The summed E-state index contributed by atoms with van der Waals surface area (Å²) < 4.78 is 0. The monoisotopic (exact) mass is 287 g/mol. The molecule has 0 spiro atoms. The number of pyridine rings is 1. The minimum atomic E-state index is 0.236. The number of nitrogens with two attached hydrogens (primary N) is 1. The third kappa shape index (κ3) is 3.36. The van der Waals surface area contributed by atoms with Crippen LogP contribution in [-0.2, 0) is 11.2 Å². The average molecular weight is 287 g/mol. The topological polar surface area (TPSA) is 59.2 Å². The standard InChI is InChI=1S/C17H25N3O/c18-14-8-9-15(19-12-14)11-17(21)20-10-4-7-16(20)13-5-2-1-3-6-13/h8-9,12-13,16H,1-7,10-11,18H2. The highest BCUT2D eigenvalue weighted by atomic mass is 16.2. The fourth-order valence-corrected chi connectivity index (χ4v) is 3.91. The Morgan fingerprint density at radius 1 is 1.19 bits per heavy atom. The van der Waals surface area contributed by atoms with E-state index in [0.29, 0.717) is 18.2 Å². The number of hydrogen-bond acceptors (Lipinski definition) is 3. The lowest BCUT2D eigenvalue weighted by Crippen LogP contribution is -2.41. The second-order valence-electron chi connectivity index (χ2n) is 6.45. The number of carbonyl (C=O) groups is 1. The van der Waals surface area contributed by atoms with E-state index in [-0.39, 0.29) is 5.91 Å². The Morgan fingerprint density at radius 2 is 2.00 bits per heavy atom. The van der Waals surface area contributed by atoms with Gasteiger partial charge in [0.15, 0.2) is 0 Å². The molecule has 0 radical (unpaired) electrons. The zero-order chi connectivity index (χ0) is 14.7. The smallest absolute Gasteiger partial charge is 0.228 e. The Hall–Kier alpha value is -1.58. The summed E-state index contributed by atoms with van der Waals surface area (Å²) in [7, 11) is 0. The molecule has 1 saturated heterocycles. The SMILES string of the molecule is Nc1ccc(CC(=O)N2CCCC2C2CCCCC2)nc1. The molecule has 4 nitrogen and oxygen atoms in total. The number of nitrogens with zero attached hydrogens (tertiary/aromatic N) is 2. The molecular formula is C17H25N3O. The maximum atomic E-state index is 12.6. The number of rotatable bonds is 3. The first-order valence-electron chi connectivity index (χ1n) is 8.24. The summed E-state index contributed by atoms with van der Waals surface area (Å²) >= 11 is 0. The zero-order valence-electron chi connectivity index (χ0n) is 12.6. The van der Waals surface area contributed by atoms with Crippen LogP contribution in [0.5, 0.6) is 0 Å². The van der Waals surface area contributed by atoms with Gasteiger partial charge in [0.05, 0.1) is 18.3 Å². The van der Waals surface area contributed by atoms with E-state index in [1.807, 2.05) is 12.1 Å². The first-order chi connectivity index (χ1) is 10.2. The summed E-state index contributed by atoms with van der Waals surface area (Å²) in [5.41, 5.74) is 7.11. The summed E-state index contributed by atoms with van der Waals surface area (Å²) in [4.78, 5) is 19.0. The van der Waals surface area contributed by atoms with Crippen molar-refractivity contribution in [1.82, 2.24) is 9.88 Å². The molecular weight excluding hydrogens is 262 g/mol. The van der Waals surface area contributed by atoms with Gasteiger partial charge in [-0.3, -0.25) is 9.78 Å². The van der Waals surface area contributed by atoms with Crippen LogP contribution >= 0.6 is 0 Å². The second kappa shape index (κ2) is 6.46. The van der Waals surface area contributed by atoms with Crippen molar-refractivity contribution < 1.29 is 4.79 Å². The number of hydrogen-bond donors (Lipinski definition) is 1. The van der Waals surface area contributed by atoms with Gasteiger partial charge in [0.2, 0.25) is 5.91 Å². The van der Waals surface area contributed by atoms with Gasteiger partial charge in [-0.05, 0) is 43.7 Å². The summed E-state index contributed by atoms with van der Waals surface area (Å²) in [5.74, 6) is 0.963. The lowest BCUT2D eigenvalue weighted by atomic mass is 9.83. The van der Waals surface area contributed by atoms with Crippen molar-refractivity contribution >= 4 is 11.6 Å². The van der Waals surface area contributed by atoms with Gasteiger partial charge in [-0.1, -0.05) is 19.3 Å². The molecule has 1 atom stereocenters. The molecule has 1 amide bonds. The Bertz CT molecular complexity index is 479. The molecule has 21 heavy (non-hydrogen) atoms. The van der Waals surface area contributed by atoms with Gasteiger partial charge in [-0.25, -0.2) is 0 Å². The van der Waals surface area contributed by atoms with Crippen LogP contribution in [0.1, 0.15) is 50.6 Å². The van der Waals surface area contributed by atoms with Crippen molar-refractivity contribution in [2.45, 2.75) is 57.4 Å². The highest BCUT2D eigenvalue weighted by Crippen LogP contribution is 2.34. The van der Waals surface area contributed by atoms with E-state index >= 15 is 0 Å². The third-order valence-corrected chi connectivity index (χ3v) is 4.99. The predicted molar refractivity (Wildman–Crippen MR) is 83.7 cm³/mol. The van der Waals surface area contributed by atoms with Gasteiger partial charge in [-0.15, -0.1) is 0 Å². The van der Waals surface area contributed by atoms with Crippen LogP contribution in [0.3, 0.4) is 0 Å². The van der Waals surface area contributed by atoms with E-state index in [0.717, 1.165) is 24.6 Å². The molecule has 2 heterocycles. The Morgan fingerprint density at radius 3 is 2.71 bits per heavy atom. The van der Waals surface area contributed by atoms with Crippen molar-refractivity contribution in [2.24, 2.45) is 5.92 Å². The maximum absolute atomic E-state index is 12.6. The lowest BCUT2D eigenvalue weighted by molar-refractivity contribution is -0.132. The molecule has 0 bridgehead atoms. The molecule has 1 aliphatic carbocycles. The van der Waals surface area contributed by atoms with E-state index in [1.54, 1.807) is 6.20 Å². The van der Waals surface area contributed by atoms with Crippen molar-refractivity contribution in [3.05, 3.63) is 24.0 Å². The van der Waals surface area contributed by atoms with Crippen LogP contribution < -0.4 is 5.73 Å². The lowest BCUT2D eigenvalue weighted by Gasteiger charge is -2.34. The average Bonchev–Trinajstić information content (AvgIpc) is 3.00. The molecule has 4 heteroatoms. The molecule has 2 N–H and O–H groups in total. The first-order valence-corrected chi connectivity index (χ1v) is 8.24. The quantitative estimate of drug-likeness (QED) is 0.930. The highest BCUT2D eigenvalue weighted by molar-refractivity contribution is 5.79. The van der Waals surface area contributed by atoms with Gasteiger partial charge in [-0.2, -0.15) is 0 Å². The number of likely N-dealkylation sites (tertiary alicyclic amines) is 1. The first kappa shape index (κ1) is 14.4.